The van der Waals surface area contributed by atoms with Gasteiger partial charge in [-0.1, -0.05) is 13.8 Å². The molecule has 0 saturated heterocycles. The lowest BCUT2D eigenvalue weighted by Crippen LogP contribution is -2.25. The SMILES string of the molecule is CNc1cc(N(C)CCC(F)(F)F)nc(C(C)C)n1. The highest BCUT2D eigenvalue weighted by Gasteiger charge is 2.27. The van der Waals surface area contributed by atoms with Gasteiger partial charge in [0, 0.05) is 32.6 Å². The molecule has 0 aliphatic carbocycles. The van der Waals surface area contributed by atoms with Gasteiger partial charge in [0.15, 0.2) is 0 Å². The summed E-state index contributed by atoms with van der Waals surface area (Å²) in [5, 5.41) is 2.89. The van der Waals surface area contributed by atoms with Crippen molar-refractivity contribution in [2.75, 3.05) is 30.9 Å². The summed E-state index contributed by atoms with van der Waals surface area (Å²) in [6.45, 7) is 3.75. The van der Waals surface area contributed by atoms with Gasteiger partial charge < -0.3 is 10.2 Å². The molecule has 0 radical (unpaired) electrons. The Balaban J connectivity index is 2.89. The molecule has 7 heteroatoms. The fourth-order valence-corrected chi connectivity index (χ4v) is 1.44. The van der Waals surface area contributed by atoms with Gasteiger partial charge in [0.25, 0.3) is 0 Å². The van der Waals surface area contributed by atoms with E-state index >= 15 is 0 Å². The van der Waals surface area contributed by atoms with Crippen LogP contribution in [0.15, 0.2) is 6.07 Å². The van der Waals surface area contributed by atoms with E-state index in [4.69, 9.17) is 0 Å². The molecule has 0 aliphatic heterocycles. The van der Waals surface area contributed by atoms with Crippen molar-refractivity contribution in [2.45, 2.75) is 32.4 Å². The molecule has 0 saturated carbocycles. The molecule has 108 valence electrons. The lowest BCUT2D eigenvalue weighted by Gasteiger charge is -2.20. The molecule has 0 spiro atoms. The van der Waals surface area contributed by atoms with Crippen LogP contribution < -0.4 is 10.2 Å². The van der Waals surface area contributed by atoms with Gasteiger partial charge in [0.1, 0.15) is 17.5 Å². The largest absolute Gasteiger partial charge is 0.390 e. The molecule has 0 amide bonds. The normalized spacial score (nSPS) is 11.8. The first-order chi connectivity index (χ1) is 8.73. The van der Waals surface area contributed by atoms with Crippen LogP contribution in [0.1, 0.15) is 32.0 Å². The third kappa shape index (κ3) is 4.92. The number of hydrogen-bond acceptors (Lipinski definition) is 4. The molecule has 1 N–H and O–H groups in total. The number of nitrogens with one attached hydrogen (secondary N) is 1. The topological polar surface area (TPSA) is 41.0 Å². The van der Waals surface area contributed by atoms with Gasteiger partial charge in [0.2, 0.25) is 0 Å². The summed E-state index contributed by atoms with van der Waals surface area (Å²) in [4.78, 5) is 10.0. The molecule has 0 unspecified atom stereocenters. The van der Waals surface area contributed by atoms with E-state index in [9.17, 15) is 13.2 Å². The van der Waals surface area contributed by atoms with Crippen LogP contribution in [0.3, 0.4) is 0 Å². The van der Waals surface area contributed by atoms with Crippen LogP contribution in [0.25, 0.3) is 0 Å². The van der Waals surface area contributed by atoms with E-state index in [0.29, 0.717) is 17.5 Å². The standard InChI is InChI=1S/C12H19F3N4/c1-8(2)11-17-9(16-3)7-10(18-11)19(4)6-5-12(13,14)15/h7-8H,5-6H2,1-4H3,(H,16,17,18). The van der Waals surface area contributed by atoms with Crippen LogP contribution in [0.4, 0.5) is 24.8 Å². The first kappa shape index (κ1) is 15.5. The maximum absolute atomic E-state index is 12.2. The summed E-state index contributed by atoms with van der Waals surface area (Å²) in [5.41, 5.74) is 0. The molecule has 19 heavy (non-hydrogen) atoms. The Kier molecular flexibility index (Phi) is 4.97. The first-order valence-electron chi connectivity index (χ1n) is 6.07. The van der Waals surface area contributed by atoms with E-state index in [2.05, 4.69) is 15.3 Å². The third-order valence-electron chi connectivity index (χ3n) is 2.62. The smallest absolute Gasteiger partial charge is 0.373 e. The molecule has 1 rings (SSSR count). The van der Waals surface area contributed by atoms with Gasteiger partial charge in [-0.2, -0.15) is 13.2 Å². The number of anilines is 2. The average molecular weight is 276 g/mol. The lowest BCUT2D eigenvalue weighted by molar-refractivity contribution is -0.132. The van der Waals surface area contributed by atoms with Crippen molar-refractivity contribution in [1.29, 1.82) is 0 Å². The first-order valence-corrected chi connectivity index (χ1v) is 6.07. The zero-order valence-corrected chi connectivity index (χ0v) is 11.5. The lowest BCUT2D eigenvalue weighted by atomic mass is 10.2. The van der Waals surface area contributed by atoms with E-state index in [-0.39, 0.29) is 12.5 Å². The van der Waals surface area contributed by atoms with Crippen molar-refractivity contribution in [3.63, 3.8) is 0 Å². The molecular formula is C12H19F3N4. The quantitative estimate of drug-likeness (QED) is 0.897. The van der Waals surface area contributed by atoms with Crippen LogP contribution in [0.2, 0.25) is 0 Å². The van der Waals surface area contributed by atoms with Crippen LogP contribution in [0, 0.1) is 0 Å². The maximum Gasteiger partial charge on any atom is 0.390 e. The van der Waals surface area contributed by atoms with Crippen molar-refractivity contribution in [3.05, 3.63) is 11.9 Å². The number of hydrogen-bond donors (Lipinski definition) is 1. The van der Waals surface area contributed by atoms with E-state index in [0.717, 1.165) is 0 Å². The second kappa shape index (κ2) is 6.08. The van der Waals surface area contributed by atoms with E-state index < -0.39 is 12.6 Å². The molecule has 0 bridgehead atoms. The van der Waals surface area contributed by atoms with Gasteiger partial charge in [-0.3, -0.25) is 0 Å². The fourth-order valence-electron chi connectivity index (χ4n) is 1.44. The second-order valence-corrected chi connectivity index (χ2v) is 4.66. The summed E-state index contributed by atoms with van der Waals surface area (Å²) in [5.74, 6) is 1.82. The number of aromatic nitrogens is 2. The van der Waals surface area contributed by atoms with E-state index in [1.807, 2.05) is 13.8 Å². The average Bonchev–Trinajstić information content (AvgIpc) is 2.34. The molecule has 1 aromatic heterocycles. The summed E-state index contributed by atoms with van der Waals surface area (Å²) in [6, 6.07) is 1.64. The highest BCUT2D eigenvalue weighted by Crippen LogP contribution is 2.23. The minimum Gasteiger partial charge on any atom is -0.373 e. The summed E-state index contributed by atoms with van der Waals surface area (Å²) in [6.07, 6.45) is -5.02. The Morgan fingerprint density at radius 1 is 1.32 bits per heavy atom. The zero-order valence-electron chi connectivity index (χ0n) is 11.5. The molecular weight excluding hydrogens is 257 g/mol. The molecule has 1 heterocycles. The van der Waals surface area contributed by atoms with Crippen LogP contribution in [0.5, 0.6) is 0 Å². The molecule has 0 fully saturated rings. The van der Waals surface area contributed by atoms with Crippen LogP contribution in [-0.4, -0.2) is 36.8 Å². The zero-order chi connectivity index (χ0) is 14.6. The molecule has 1 aromatic rings. The minimum atomic E-state index is -4.16. The van der Waals surface area contributed by atoms with Gasteiger partial charge >= 0.3 is 6.18 Å². The number of rotatable bonds is 5. The summed E-state index contributed by atoms with van der Waals surface area (Å²) < 4.78 is 36.6. The third-order valence-corrected chi connectivity index (χ3v) is 2.62. The Morgan fingerprint density at radius 2 is 1.95 bits per heavy atom. The summed E-state index contributed by atoms with van der Waals surface area (Å²) >= 11 is 0. The molecule has 0 aliphatic rings. The molecule has 0 atom stereocenters. The van der Waals surface area contributed by atoms with Crippen molar-refractivity contribution in [1.82, 2.24) is 9.97 Å². The fraction of sp³-hybridized carbons (Fsp3) is 0.667. The Bertz CT molecular complexity index is 418. The molecule has 0 aromatic carbocycles. The second-order valence-electron chi connectivity index (χ2n) is 4.66. The van der Waals surface area contributed by atoms with Gasteiger partial charge in [-0.05, 0) is 0 Å². The Labute approximate surface area is 111 Å². The van der Waals surface area contributed by atoms with Crippen molar-refractivity contribution in [3.8, 4) is 0 Å². The monoisotopic (exact) mass is 276 g/mol. The van der Waals surface area contributed by atoms with Gasteiger partial charge in [-0.15, -0.1) is 0 Å². The van der Waals surface area contributed by atoms with Crippen LogP contribution in [-0.2, 0) is 0 Å². The predicted octanol–water partition coefficient (Wildman–Crippen LogP) is 3.03. The number of nitrogens with zero attached hydrogens (tertiary/aromatic N) is 3. The van der Waals surface area contributed by atoms with Crippen molar-refractivity contribution in [2.24, 2.45) is 0 Å². The highest BCUT2D eigenvalue weighted by atomic mass is 19.4. The van der Waals surface area contributed by atoms with E-state index in [1.165, 1.54) is 4.90 Å². The minimum absolute atomic E-state index is 0.114. The van der Waals surface area contributed by atoms with E-state index in [1.54, 1.807) is 20.2 Å². The van der Waals surface area contributed by atoms with Gasteiger partial charge in [-0.25, -0.2) is 9.97 Å². The highest BCUT2D eigenvalue weighted by molar-refractivity contribution is 5.48. The van der Waals surface area contributed by atoms with Crippen molar-refractivity contribution < 1.29 is 13.2 Å². The van der Waals surface area contributed by atoms with Crippen LogP contribution >= 0.6 is 0 Å². The Morgan fingerprint density at radius 3 is 2.42 bits per heavy atom. The maximum atomic E-state index is 12.2. The summed E-state index contributed by atoms with van der Waals surface area (Å²) in [7, 11) is 3.31. The number of alkyl halides is 3. The number of halogens is 3. The Hall–Kier alpha value is -1.53. The van der Waals surface area contributed by atoms with Gasteiger partial charge in [0.05, 0.1) is 6.42 Å². The van der Waals surface area contributed by atoms with Crippen molar-refractivity contribution >= 4 is 11.6 Å². The molecule has 4 nitrogen and oxygen atoms in total. The predicted molar refractivity (Wildman–Crippen MR) is 69.6 cm³/mol.